The van der Waals surface area contributed by atoms with E-state index in [0.29, 0.717) is 28.0 Å². The maximum atomic E-state index is 5.95. The SMILES string of the molecule is CC(C)(C)c1noc(-c2cccc(Cl)c2N)n1. The van der Waals surface area contributed by atoms with Crippen LogP contribution in [0.1, 0.15) is 26.6 Å². The zero-order valence-corrected chi connectivity index (χ0v) is 10.7. The van der Waals surface area contributed by atoms with Crippen LogP contribution in [0.2, 0.25) is 5.02 Å². The minimum atomic E-state index is -0.158. The lowest BCUT2D eigenvalue weighted by atomic mass is 9.96. The van der Waals surface area contributed by atoms with Gasteiger partial charge in [0.05, 0.1) is 16.3 Å². The number of para-hydroxylation sites is 1. The Morgan fingerprint density at radius 1 is 1.29 bits per heavy atom. The second-order valence-corrected chi connectivity index (χ2v) is 5.28. The summed E-state index contributed by atoms with van der Waals surface area (Å²) in [5, 5.41) is 4.43. The molecule has 0 atom stereocenters. The van der Waals surface area contributed by atoms with Crippen molar-refractivity contribution in [2.24, 2.45) is 0 Å². The number of nitrogens with two attached hydrogens (primary N) is 1. The van der Waals surface area contributed by atoms with E-state index in [1.165, 1.54) is 0 Å². The van der Waals surface area contributed by atoms with Crippen molar-refractivity contribution >= 4 is 17.3 Å². The summed E-state index contributed by atoms with van der Waals surface area (Å²) >= 11 is 5.95. The molecule has 0 aliphatic rings. The molecule has 0 amide bonds. The Morgan fingerprint density at radius 3 is 2.59 bits per heavy atom. The molecular weight excluding hydrogens is 238 g/mol. The highest BCUT2D eigenvalue weighted by Crippen LogP contribution is 2.31. The van der Waals surface area contributed by atoms with Crippen molar-refractivity contribution in [2.45, 2.75) is 26.2 Å². The fourth-order valence-electron chi connectivity index (χ4n) is 1.36. The zero-order valence-electron chi connectivity index (χ0n) is 9.99. The fourth-order valence-corrected chi connectivity index (χ4v) is 1.54. The van der Waals surface area contributed by atoms with E-state index in [4.69, 9.17) is 21.9 Å². The number of nitrogens with zero attached hydrogens (tertiary/aromatic N) is 2. The summed E-state index contributed by atoms with van der Waals surface area (Å²) in [5.41, 5.74) is 6.84. The van der Waals surface area contributed by atoms with E-state index in [2.05, 4.69) is 10.1 Å². The largest absolute Gasteiger partial charge is 0.397 e. The van der Waals surface area contributed by atoms with Gasteiger partial charge in [-0.25, -0.2) is 0 Å². The van der Waals surface area contributed by atoms with Crippen LogP contribution in [0.15, 0.2) is 22.7 Å². The Labute approximate surface area is 105 Å². The first-order valence-corrected chi connectivity index (χ1v) is 5.66. The van der Waals surface area contributed by atoms with Gasteiger partial charge in [0, 0.05) is 5.41 Å². The number of anilines is 1. The molecule has 5 heteroatoms. The third-order valence-electron chi connectivity index (χ3n) is 2.38. The van der Waals surface area contributed by atoms with Crippen LogP contribution in [0.3, 0.4) is 0 Å². The minimum Gasteiger partial charge on any atom is -0.397 e. The van der Waals surface area contributed by atoms with Gasteiger partial charge in [-0.05, 0) is 12.1 Å². The van der Waals surface area contributed by atoms with E-state index in [1.54, 1.807) is 18.2 Å². The van der Waals surface area contributed by atoms with Crippen molar-refractivity contribution in [1.82, 2.24) is 10.1 Å². The molecule has 4 nitrogen and oxygen atoms in total. The predicted octanol–water partition coefficient (Wildman–Crippen LogP) is 3.27. The molecule has 90 valence electrons. The monoisotopic (exact) mass is 251 g/mol. The molecule has 2 rings (SSSR count). The average molecular weight is 252 g/mol. The lowest BCUT2D eigenvalue weighted by molar-refractivity contribution is 0.402. The predicted molar refractivity (Wildman–Crippen MR) is 67.9 cm³/mol. The molecule has 0 bridgehead atoms. The van der Waals surface area contributed by atoms with E-state index in [0.717, 1.165) is 0 Å². The highest BCUT2D eigenvalue weighted by Gasteiger charge is 2.22. The Morgan fingerprint density at radius 2 is 2.00 bits per heavy atom. The van der Waals surface area contributed by atoms with Crippen molar-refractivity contribution in [1.29, 1.82) is 0 Å². The van der Waals surface area contributed by atoms with Crippen LogP contribution in [-0.4, -0.2) is 10.1 Å². The number of halogens is 1. The third-order valence-corrected chi connectivity index (χ3v) is 2.71. The van der Waals surface area contributed by atoms with Gasteiger partial charge in [-0.1, -0.05) is 43.6 Å². The summed E-state index contributed by atoms with van der Waals surface area (Å²) < 4.78 is 5.21. The molecule has 0 aliphatic heterocycles. The van der Waals surface area contributed by atoms with Gasteiger partial charge in [0.2, 0.25) is 0 Å². The first-order valence-electron chi connectivity index (χ1n) is 5.28. The molecule has 17 heavy (non-hydrogen) atoms. The van der Waals surface area contributed by atoms with E-state index < -0.39 is 0 Å². The van der Waals surface area contributed by atoms with Gasteiger partial charge in [-0.15, -0.1) is 0 Å². The molecule has 1 aromatic carbocycles. The van der Waals surface area contributed by atoms with Gasteiger partial charge in [0.15, 0.2) is 5.82 Å². The van der Waals surface area contributed by atoms with Crippen molar-refractivity contribution in [3.63, 3.8) is 0 Å². The van der Waals surface area contributed by atoms with Gasteiger partial charge in [-0.2, -0.15) is 4.98 Å². The Balaban J connectivity index is 2.48. The van der Waals surface area contributed by atoms with Crippen molar-refractivity contribution in [3.8, 4) is 11.5 Å². The summed E-state index contributed by atoms with van der Waals surface area (Å²) in [7, 11) is 0. The molecule has 1 aromatic heterocycles. The molecule has 0 saturated heterocycles. The molecule has 0 radical (unpaired) electrons. The third kappa shape index (κ3) is 2.26. The zero-order chi connectivity index (χ0) is 12.6. The minimum absolute atomic E-state index is 0.158. The summed E-state index contributed by atoms with van der Waals surface area (Å²) in [5.74, 6) is 1.04. The Kier molecular flexibility index (Phi) is 2.83. The number of hydrogen-bond donors (Lipinski definition) is 1. The van der Waals surface area contributed by atoms with Gasteiger partial charge in [0.1, 0.15) is 0 Å². The lowest BCUT2D eigenvalue weighted by Gasteiger charge is -2.10. The van der Waals surface area contributed by atoms with Gasteiger partial charge >= 0.3 is 0 Å². The number of rotatable bonds is 1. The smallest absolute Gasteiger partial charge is 0.260 e. The van der Waals surface area contributed by atoms with E-state index >= 15 is 0 Å². The van der Waals surface area contributed by atoms with Gasteiger partial charge < -0.3 is 10.3 Å². The van der Waals surface area contributed by atoms with Crippen LogP contribution in [0.25, 0.3) is 11.5 Å². The highest BCUT2D eigenvalue weighted by molar-refractivity contribution is 6.33. The first kappa shape index (κ1) is 11.9. The fraction of sp³-hybridized carbons (Fsp3) is 0.333. The molecule has 0 saturated carbocycles. The maximum Gasteiger partial charge on any atom is 0.260 e. The maximum absolute atomic E-state index is 5.95. The van der Waals surface area contributed by atoms with Crippen LogP contribution in [0.4, 0.5) is 5.69 Å². The molecule has 0 aliphatic carbocycles. The van der Waals surface area contributed by atoms with Crippen molar-refractivity contribution in [3.05, 3.63) is 29.0 Å². The molecule has 0 fully saturated rings. The summed E-state index contributed by atoms with van der Waals surface area (Å²) in [6.45, 7) is 6.05. The Hall–Kier alpha value is -1.55. The number of aromatic nitrogens is 2. The highest BCUT2D eigenvalue weighted by atomic mass is 35.5. The van der Waals surface area contributed by atoms with Crippen LogP contribution < -0.4 is 5.73 Å². The first-order chi connectivity index (χ1) is 7.89. The van der Waals surface area contributed by atoms with Crippen LogP contribution in [0.5, 0.6) is 0 Å². The standard InChI is InChI=1S/C12H14ClN3O/c1-12(2,3)11-15-10(17-16-11)7-5-4-6-8(13)9(7)14/h4-6H,14H2,1-3H3. The lowest BCUT2D eigenvalue weighted by Crippen LogP contribution is -2.13. The molecule has 1 heterocycles. The normalized spacial score (nSPS) is 11.8. The second kappa shape index (κ2) is 4.04. The van der Waals surface area contributed by atoms with Gasteiger partial charge in [-0.3, -0.25) is 0 Å². The quantitative estimate of drug-likeness (QED) is 0.790. The molecular formula is C12H14ClN3O. The van der Waals surface area contributed by atoms with E-state index in [-0.39, 0.29) is 5.41 Å². The number of nitrogen functional groups attached to an aromatic ring is 1. The van der Waals surface area contributed by atoms with Crippen LogP contribution >= 0.6 is 11.6 Å². The summed E-state index contributed by atoms with van der Waals surface area (Å²) in [6, 6.07) is 5.33. The van der Waals surface area contributed by atoms with Crippen molar-refractivity contribution in [2.75, 3.05) is 5.73 Å². The molecule has 2 N–H and O–H groups in total. The van der Waals surface area contributed by atoms with E-state index in [9.17, 15) is 0 Å². The average Bonchev–Trinajstić information content (AvgIpc) is 2.70. The molecule has 0 unspecified atom stereocenters. The van der Waals surface area contributed by atoms with E-state index in [1.807, 2.05) is 20.8 Å². The van der Waals surface area contributed by atoms with Gasteiger partial charge in [0.25, 0.3) is 5.89 Å². The molecule has 0 spiro atoms. The van der Waals surface area contributed by atoms with Crippen molar-refractivity contribution < 1.29 is 4.52 Å². The second-order valence-electron chi connectivity index (χ2n) is 4.87. The van der Waals surface area contributed by atoms with Crippen LogP contribution in [-0.2, 0) is 5.41 Å². The Bertz CT molecular complexity index is 543. The summed E-state index contributed by atoms with van der Waals surface area (Å²) in [4.78, 5) is 4.34. The number of hydrogen-bond acceptors (Lipinski definition) is 4. The molecule has 2 aromatic rings. The topological polar surface area (TPSA) is 64.9 Å². The van der Waals surface area contributed by atoms with Crippen LogP contribution in [0, 0.1) is 0 Å². The number of benzene rings is 1. The summed E-state index contributed by atoms with van der Waals surface area (Å²) in [6.07, 6.45) is 0.